The molecule has 0 spiro atoms. The largest absolute Gasteiger partial charge is 0.398 e. The van der Waals surface area contributed by atoms with Gasteiger partial charge in [-0.15, -0.1) is 0 Å². The molecule has 2 aromatic rings. The van der Waals surface area contributed by atoms with E-state index >= 15 is 0 Å². The van der Waals surface area contributed by atoms with Crippen LogP contribution in [0.5, 0.6) is 0 Å². The second-order valence-electron chi connectivity index (χ2n) is 4.25. The van der Waals surface area contributed by atoms with Crippen LogP contribution in [0.1, 0.15) is 0 Å². The van der Waals surface area contributed by atoms with Crippen molar-refractivity contribution in [2.24, 2.45) is 5.14 Å². The van der Waals surface area contributed by atoms with Crippen molar-refractivity contribution in [3.63, 3.8) is 0 Å². The fraction of sp³-hybridized carbons (Fsp3) is 0.250. The van der Waals surface area contributed by atoms with Gasteiger partial charge in [-0.3, -0.25) is 4.68 Å². The maximum Gasteiger partial charge on any atom is 0.238 e. The van der Waals surface area contributed by atoms with E-state index in [-0.39, 0.29) is 4.90 Å². The molecule has 0 amide bonds. The van der Waals surface area contributed by atoms with Crippen molar-refractivity contribution in [1.82, 2.24) is 9.78 Å². The summed E-state index contributed by atoms with van der Waals surface area (Å²) in [5.41, 5.74) is 7.19. The minimum Gasteiger partial charge on any atom is -0.398 e. The Balaban J connectivity index is 2.50. The average Bonchev–Trinajstić information content (AvgIpc) is 2.83. The van der Waals surface area contributed by atoms with Gasteiger partial charge in [0.1, 0.15) is 0 Å². The fourth-order valence-corrected chi connectivity index (χ4v) is 2.68. The molecule has 1 aromatic heterocycles. The summed E-state index contributed by atoms with van der Waals surface area (Å²) in [5, 5.41) is 9.36. The number of sulfonamides is 1. The monoisotopic (exact) mass is 296 g/mol. The molecular formula is C12H16N4O3S. The quantitative estimate of drug-likeness (QED) is 0.777. The lowest BCUT2D eigenvalue weighted by Crippen LogP contribution is -2.14. The number of nitrogens with two attached hydrogens (primary N) is 2. The zero-order valence-corrected chi connectivity index (χ0v) is 11.8. The van der Waals surface area contributed by atoms with Gasteiger partial charge in [0.25, 0.3) is 0 Å². The van der Waals surface area contributed by atoms with Crippen molar-refractivity contribution in [2.45, 2.75) is 11.4 Å². The molecule has 0 unspecified atom stereocenters. The summed E-state index contributed by atoms with van der Waals surface area (Å²) in [7, 11) is -2.26. The van der Waals surface area contributed by atoms with Crippen LogP contribution in [0.25, 0.3) is 11.1 Å². The first-order chi connectivity index (χ1) is 9.43. The third kappa shape index (κ3) is 2.98. The van der Waals surface area contributed by atoms with Crippen LogP contribution in [0, 0.1) is 0 Å². The van der Waals surface area contributed by atoms with Crippen LogP contribution < -0.4 is 10.9 Å². The molecule has 7 nitrogen and oxygen atoms in total. The van der Waals surface area contributed by atoms with E-state index in [1.165, 1.54) is 6.07 Å². The van der Waals surface area contributed by atoms with E-state index in [0.29, 0.717) is 30.0 Å². The molecule has 0 aliphatic heterocycles. The standard InChI is InChI=1S/C12H16N4O3S/c1-19-6-5-16-8-9(7-15-16)12-10(13)3-2-4-11(12)20(14,17)18/h2-4,7-8H,5-6,13H2,1H3,(H2,14,17,18). The minimum atomic E-state index is -3.85. The first-order valence-electron chi connectivity index (χ1n) is 5.86. The molecule has 108 valence electrons. The topological polar surface area (TPSA) is 113 Å². The van der Waals surface area contributed by atoms with Crippen LogP contribution in [0.15, 0.2) is 35.5 Å². The van der Waals surface area contributed by atoms with Crippen LogP contribution in [0.4, 0.5) is 5.69 Å². The van der Waals surface area contributed by atoms with Gasteiger partial charge in [0.05, 0.1) is 24.2 Å². The van der Waals surface area contributed by atoms with Crippen LogP contribution in [0.2, 0.25) is 0 Å². The van der Waals surface area contributed by atoms with Gasteiger partial charge in [0.2, 0.25) is 10.0 Å². The van der Waals surface area contributed by atoms with Crippen LogP contribution in [-0.2, 0) is 21.3 Å². The predicted molar refractivity (Wildman–Crippen MR) is 75.3 cm³/mol. The Morgan fingerprint density at radius 1 is 1.40 bits per heavy atom. The maximum atomic E-state index is 11.6. The zero-order valence-electron chi connectivity index (χ0n) is 11.0. The molecule has 0 aliphatic carbocycles. The van der Waals surface area contributed by atoms with Gasteiger partial charge < -0.3 is 10.5 Å². The van der Waals surface area contributed by atoms with Crippen molar-refractivity contribution in [1.29, 1.82) is 0 Å². The second kappa shape index (κ2) is 5.61. The number of anilines is 1. The van der Waals surface area contributed by atoms with E-state index in [2.05, 4.69) is 5.10 Å². The summed E-state index contributed by atoms with van der Waals surface area (Å²) < 4.78 is 29.9. The normalized spacial score (nSPS) is 11.7. The molecule has 0 saturated carbocycles. The Labute approximate surface area is 117 Å². The van der Waals surface area contributed by atoms with E-state index in [0.717, 1.165) is 0 Å². The lowest BCUT2D eigenvalue weighted by Gasteiger charge is -2.08. The molecule has 0 atom stereocenters. The maximum absolute atomic E-state index is 11.6. The Morgan fingerprint density at radius 2 is 2.15 bits per heavy atom. The molecule has 8 heteroatoms. The molecule has 0 radical (unpaired) electrons. The summed E-state index contributed by atoms with van der Waals surface area (Å²) >= 11 is 0. The number of benzene rings is 1. The molecule has 0 bridgehead atoms. The number of primary sulfonamides is 1. The highest BCUT2D eigenvalue weighted by Gasteiger charge is 2.18. The van der Waals surface area contributed by atoms with Crippen molar-refractivity contribution in [2.75, 3.05) is 19.5 Å². The minimum absolute atomic E-state index is 0.0104. The Kier molecular flexibility index (Phi) is 4.07. The molecule has 1 heterocycles. The summed E-state index contributed by atoms with van der Waals surface area (Å²) in [5.74, 6) is 0. The Morgan fingerprint density at radius 3 is 2.80 bits per heavy atom. The van der Waals surface area contributed by atoms with Gasteiger partial charge in [-0.25, -0.2) is 13.6 Å². The number of methoxy groups -OCH3 is 1. The first-order valence-corrected chi connectivity index (χ1v) is 7.41. The second-order valence-corrected chi connectivity index (χ2v) is 5.78. The number of rotatable bonds is 5. The van der Waals surface area contributed by atoms with Gasteiger partial charge in [-0.1, -0.05) is 6.07 Å². The van der Waals surface area contributed by atoms with Gasteiger partial charge >= 0.3 is 0 Å². The highest BCUT2D eigenvalue weighted by Crippen LogP contribution is 2.31. The molecule has 0 fully saturated rings. The van der Waals surface area contributed by atoms with Crippen LogP contribution in [0.3, 0.4) is 0 Å². The lowest BCUT2D eigenvalue weighted by atomic mass is 10.1. The van der Waals surface area contributed by atoms with Gasteiger partial charge in [-0.2, -0.15) is 5.10 Å². The van der Waals surface area contributed by atoms with Crippen LogP contribution >= 0.6 is 0 Å². The SMILES string of the molecule is COCCn1cc(-c2c(N)cccc2S(N)(=O)=O)cn1. The van der Waals surface area contributed by atoms with Crippen molar-refractivity contribution in [3.05, 3.63) is 30.6 Å². The highest BCUT2D eigenvalue weighted by molar-refractivity contribution is 7.89. The van der Waals surface area contributed by atoms with Gasteiger partial charge in [-0.05, 0) is 12.1 Å². The van der Waals surface area contributed by atoms with E-state index in [4.69, 9.17) is 15.6 Å². The Hall–Kier alpha value is -1.90. The van der Waals surface area contributed by atoms with E-state index < -0.39 is 10.0 Å². The number of aromatic nitrogens is 2. The van der Waals surface area contributed by atoms with Crippen molar-refractivity contribution < 1.29 is 13.2 Å². The number of hydrogen-bond acceptors (Lipinski definition) is 5. The summed E-state index contributed by atoms with van der Waals surface area (Å²) in [6, 6.07) is 4.60. The van der Waals surface area contributed by atoms with Crippen molar-refractivity contribution in [3.8, 4) is 11.1 Å². The number of hydrogen-bond donors (Lipinski definition) is 2. The first kappa shape index (κ1) is 14.5. The molecule has 1 aromatic carbocycles. The summed E-state index contributed by atoms with van der Waals surface area (Å²) in [6.07, 6.45) is 3.26. The predicted octanol–water partition coefficient (Wildman–Crippen LogP) is 0.426. The molecule has 0 aliphatic rings. The third-order valence-electron chi connectivity index (χ3n) is 2.81. The van der Waals surface area contributed by atoms with E-state index in [9.17, 15) is 8.42 Å². The van der Waals surface area contributed by atoms with Crippen LogP contribution in [-0.4, -0.2) is 31.9 Å². The van der Waals surface area contributed by atoms with Gasteiger partial charge in [0, 0.05) is 30.1 Å². The fourth-order valence-electron chi connectivity index (χ4n) is 1.89. The molecule has 4 N–H and O–H groups in total. The van der Waals surface area contributed by atoms with E-state index in [1.807, 2.05) is 0 Å². The zero-order chi connectivity index (χ0) is 14.8. The highest BCUT2D eigenvalue weighted by atomic mass is 32.2. The third-order valence-corrected chi connectivity index (χ3v) is 3.76. The number of nitrogens with zero attached hydrogens (tertiary/aromatic N) is 2. The van der Waals surface area contributed by atoms with Crippen molar-refractivity contribution >= 4 is 15.7 Å². The smallest absolute Gasteiger partial charge is 0.238 e. The molecular weight excluding hydrogens is 280 g/mol. The average molecular weight is 296 g/mol. The van der Waals surface area contributed by atoms with Gasteiger partial charge in [0.15, 0.2) is 0 Å². The number of nitrogen functional groups attached to an aromatic ring is 1. The number of ether oxygens (including phenoxy) is 1. The molecule has 20 heavy (non-hydrogen) atoms. The summed E-state index contributed by atoms with van der Waals surface area (Å²) in [6.45, 7) is 1.07. The lowest BCUT2D eigenvalue weighted by molar-refractivity contribution is 0.183. The molecule has 2 rings (SSSR count). The Bertz CT molecular complexity index is 709. The van der Waals surface area contributed by atoms with E-state index in [1.54, 1.807) is 36.3 Å². The molecule has 0 saturated heterocycles. The summed E-state index contributed by atoms with van der Waals surface area (Å²) in [4.78, 5) is -0.0104.